The van der Waals surface area contributed by atoms with Crippen molar-refractivity contribution in [3.8, 4) is 11.8 Å². The number of anilines is 2. The fourth-order valence-corrected chi connectivity index (χ4v) is 4.44. The summed E-state index contributed by atoms with van der Waals surface area (Å²) < 4.78 is 5.37. The lowest BCUT2D eigenvalue weighted by Crippen LogP contribution is -2.55. The first kappa shape index (κ1) is 18.8. The fourth-order valence-electron chi connectivity index (χ4n) is 4.44. The maximum Gasteiger partial charge on any atom is 0.224 e. The average molecular weight is 363 g/mol. The molecule has 140 valence electrons. The van der Waals surface area contributed by atoms with E-state index in [1.165, 1.54) is 0 Å². The number of fused-ring (bicyclic) bond motifs is 1. The third-order valence-electron chi connectivity index (χ3n) is 5.36. The Morgan fingerprint density at radius 3 is 2.48 bits per heavy atom. The number of carbonyl (C=O) groups is 1. The van der Waals surface area contributed by atoms with E-state index in [2.05, 4.69) is 20.8 Å². The molecule has 0 fully saturated rings. The lowest BCUT2D eigenvalue weighted by molar-refractivity contribution is -0.117. The van der Waals surface area contributed by atoms with Gasteiger partial charge in [-0.15, -0.1) is 0 Å². The molecule has 1 unspecified atom stereocenters. The molecule has 1 atom stereocenters. The van der Waals surface area contributed by atoms with E-state index >= 15 is 0 Å². The number of carbonyl (C=O) groups excluding carboxylic acids is 1. The van der Waals surface area contributed by atoms with E-state index in [1.807, 2.05) is 53.4 Å². The van der Waals surface area contributed by atoms with Crippen LogP contribution >= 0.6 is 0 Å². The van der Waals surface area contributed by atoms with Crippen LogP contribution in [0.3, 0.4) is 0 Å². The number of ether oxygens (including phenoxy) is 1. The van der Waals surface area contributed by atoms with Gasteiger partial charge in [-0.05, 0) is 61.7 Å². The van der Waals surface area contributed by atoms with Gasteiger partial charge in [0.1, 0.15) is 11.8 Å². The molecule has 1 aliphatic rings. The van der Waals surface area contributed by atoms with Gasteiger partial charge in [-0.2, -0.15) is 5.26 Å². The summed E-state index contributed by atoms with van der Waals surface area (Å²) in [6, 6.07) is 15.5. The smallest absolute Gasteiger partial charge is 0.224 e. The van der Waals surface area contributed by atoms with Crippen molar-refractivity contribution in [2.75, 3.05) is 17.2 Å². The van der Waals surface area contributed by atoms with Crippen molar-refractivity contribution in [2.45, 2.75) is 45.1 Å². The van der Waals surface area contributed by atoms with Crippen LogP contribution in [0, 0.1) is 11.3 Å². The Bertz CT molecular complexity index is 912. The lowest BCUT2D eigenvalue weighted by atomic mass is 9.65. The highest BCUT2D eigenvalue weighted by Crippen LogP contribution is 2.51. The predicted octanol–water partition coefficient (Wildman–Crippen LogP) is 4.01. The Labute approximate surface area is 160 Å². The van der Waals surface area contributed by atoms with Crippen molar-refractivity contribution >= 4 is 17.3 Å². The Morgan fingerprint density at radius 2 is 1.89 bits per heavy atom. The van der Waals surface area contributed by atoms with Crippen molar-refractivity contribution in [3.63, 3.8) is 0 Å². The Balaban J connectivity index is 2.14. The van der Waals surface area contributed by atoms with Crippen LogP contribution in [-0.4, -0.2) is 18.1 Å². The zero-order valence-corrected chi connectivity index (χ0v) is 16.2. The van der Waals surface area contributed by atoms with Crippen LogP contribution in [0.15, 0.2) is 42.5 Å². The van der Waals surface area contributed by atoms with Crippen LogP contribution in [0.2, 0.25) is 0 Å². The van der Waals surface area contributed by atoms with Crippen LogP contribution in [0.25, 0.3) is 0 Å². The largest absolute Gasteiger partial charge is 0.479 e. The second-order valence-electron chi connectivity index (χ2n) is 7.92. The Kier molecular flexibility index (Phi) is 4.61. The van der Waals surface area contributed by atoms with E-state index in [4.69, 9.17) is 15.7 Å². The number of amides is 1. The molecule has 0 saturated heterocycles. The van der Waals surface area contributed by atoms with E-state index in [1.54, 1.807) is 6.92 Å². The molecule has 5 nitrogen and oxygen atoms in total. The quantitative estimate of drug-likeness (QED) is 0.836. The van der Waals surface area contributed by atoms with Gasteiger partial charge in [0.15, 0.2) is 6.61 Å². The maximum atomic E-state index is 12.4. The van der Waals surface area contributed by atoms with Crippen molar-refractivity contribution in [2.24, 2.45) is 0 Å². The highest BCUT2D eigenvalue weighted by atomic mass is 16.5. The van der Waals surface area contributed by atoms with Crippen LogP contribution in [0.5, 0.6) is 5.75 Å². The summed E-state index contributed by atoms with van der Waals surface area (Å²) >= 11 is 0. The molecular weight excluding hydrogens is 338 g/mol. The number of rotatable bonds is 3. The number of nitriles is 1. The van der Waals surface area contributed by atoms with Gasteiger partial charge in [-0.3, -0.25) is 4.79 Å². The summed E-state index contributed by atoms with van der Waals surface area (Å²) in [6.07, 6.45) is 0.758. The number of nitrogen functional groups attached to an aromatic ring is 1. The van der Waals surface area contributed by atoms with Crippen LogP contribution < -0.4 is 15.4 Å². The third-order valence-corrected chi connectivity index (χ3v) is 5.36. The minimum absolute atomic E-state index is 0.0216. The summed E-state index contributed by atoms with van der Waals surface area (Å²) in [6.45, 7) is 8.00. The van der Waals surface area contributed by atoms with Crippen molar-refractivity contribution in [3.05, 3.63) is 53.6 Å². The molecule has 0 radical (unpaired) electrons. The van der Waals surface area contributed by atoms with Gasteiger partial charge in [0.25, 0.3) is 0 Å². The van der Waals surface area contributed by atoms with Gasteiger partial charge in [-0.25, -0.2) is 0 Å². The summed E-state index contributed by atoms with van der Waals surface area (Å²) in [5.74, 6) is 0.686. The first-order chi connectivity index (χ1) is 12.7. The minimum Gasteiger partial charge on any atom is -0.479 e. The molecule has 0 saturated carbocycles. The molecule has 0 spiro atoms. The zero-order chi connectivity index (χ0) is 19.8. The monoisotopic (exact) mass is 363 g/mol. The van der Waals surface area contributed by atoms with Crippen molar-refractivity contribution < 1.29 is 9.53 Å². The first-order valence-corrected chi connectivity index (χ1v) is 9.00. The molecule has 5 heteroatoms. The average Bonchev–Trinajstić information content (AvgIpc) is 2.60. The SMILES string of the molecule is CC(=O)N1c2ccc(N)cc2C(C)(c2ccc(OCC#N)cc2)CC1(C)C. The molecule has 2 N–H and O–H groups in total. The van der Waals surface area contributed by atoms with E-state index in [0.717, 1.165) is 23.2 Å². The topological polar surface area (TPSA) is 79.3 Å². The van der Waals surface area contributed by atoms with Gasteiger partial charge >= 0.3 is 0 Å². The summed E-state index contributed by atoms with van der Waals surface area (Å²) in [7, 11) is 0. The van der Waals surface area contributed by atoms with Gasteiger partial charge in [0.2, 0.25) is 5.91 Å². The van der Waals surface area contributed by atoms with Gasteiger partial charge in [0.05, 0.1) is 0 Å². The molecule has 1 aliphatic heterocycles. The van der Waals surface area contributed by atoms with Crippen molar-refractivity contribution in [1.82, 2.24) is 0 Å². The van der Waals surface area contributed by atoms with Crippen LogP contribution in [0.4, 0.5) is 11.4 Å². The highest BCUT2D eigenvalue weighted by molar-refractivity contribution is 5.95. The lowest BCUT2D eigenvalue weighted by Gasteiger charge is -2.51. The molecule has 0 aromatic heterocycles. The second kappa shape index (κ2) is 6.62. The summed E-state index contributed by atoms with van der Waals surface area (Å²) in [5.41, 5.74) is 9.18. The van der Waals surface area contributed by atoms with Crippen molar-refractivity contribution in [1.29, 1.82) is 5.26 Å². The molecule has 1 amide bonds. The molecule has 2 aromatic carbocycles. The standard InChI is InChI=1S/C22H25N3O2/c1-15(26)25-20-10-7-17(24)13-19(20)22(4,14-21(25,2)3)16-5-8-18(9-6-16)27-12-11-23/h5-10,13H,12,14,24H2,1-4H3. The Morgan fingerprint density at radius 1 is 1.22 bits per heavy atom. The van der Waals surface area contributed by atoms with E-state index < -0.39 is 0 Å². The number of benzene rings is 2. The predicted molar refractivity (Wildman–Crippen MR) is 107 cm³/mol. The van der Waals surface area contributed by atoms with Gasteiger partial charge < -0.3 is 15.4 Å². The molecular formula is C22H25N3O2. The molecule has 3 rings (SSSR count). The minimum atomic E-state index is -0.348. The number of nitrogens with two attached hydrogens (primary N) is 1. The number of hydrogen-bond donors (Lipinski definition) is 1. The van der Waals surface area contributed by atoms with Crippen LogP contribution in [-0.2, 0) is 10.2 Å². The molecule has 0 aliphatic carbocycles. The zero-order valence-electron chi connectivity index (χ0n) is 16.2. The third kappa shape index (κ3) is 3.23. The molecule has 0 bridgehead atoms. The summed E-state index contributed by atoms with van der Waals surface area (Å²) in [4.78, 5) is 14.3. The van der Waals surface area contributed by atoms with E-state index in [0.29, 0.717) is 11.4 Å². The maximum absolute atomic E-state index is 12.4. The number of nitrogens with zero attached hydrogens (tertiary/aromatic N) is 2. The van der Waals surface area contributed by atoms with E-state index in [9.17, 15) is 4.79 Å². The van der Waals surface area contributed by atoms with Gasteiger partial charge in [0, 0.05) is 29.3 Å². The normalized spacial score (nSPS) is 20.5. The number of hydrogen-bond acceptors (Lipinski definition) is 4. The van der Waals surface area contributed by atoms with Gasteiger partial charge in [-0.1, -0.05) is 19.1 Å². The second-order valence-corrected chi connectivity index (χ2v) is 7.92. The van der Waals surface area contributed by atoms with Crippen LogP contribution in [0.1, 0.15) is 45.2 Å². The molecule has 2 aromatic rings. The Hall–Kier alpha value is -3.00. The van der Waals surface area contributed by atoms with E-state index in [-0.39, 0.29) is 23.5 Å². The molecule has 1 heterocycles. The summed E-state index contributed by atoms with van der Waals surface area (Å²) in [5, 5.41) is 8.67. The fraction of sp³-hybridized carbons (Fsp3) is 0.364. The highest BCUT2D eigenvalue weighted by Gasteiger charge is 2.47. The first-order valence-electron chi connectivity index (χ1n) is 9.00. The molecule has 27 heavy (non-hydrogen) atoms.